The van der Waals surface area contributed by atoms with Crippen molar-refractivity contribution in [2.45, 2.75) is 46.4 Å². The van der Waals surface area contributed by atoms with Crippen LogP contribution in [0.15, 0.2) is 48.5 Å². The number of ether oxygens (including phenoxy) is 2. The smallest absolute Gasteiger partial charge is 0.124 e. The zero-order valence-electron chi connectivity index (χ0n) is 15.0. The molecule has 0 aromatic heterocycles. The summed E-state index contributed by atoms with van der Waals surface area (Å²) >= 11 is 0. The maximum atomic E-state index is 6.01. The number of aryl methyl sites for hydroxylation is 1. The number of hydrogen-bond acceptors (Lipinski definition) is 3. The van der Waals surface area contributed by atoms with Gasteiger partial charge in [0.25, 0.3) is 0 Å². The van der Waals surface area contributed by atoms with Gasteiger partial charge in [-0.1, -0.05) is 48.0 Å². The van der Waals surface area contributed by atoms with Gasteiger partial charge in [0, 0.05) is 18.7 Å². The zero-order chi connectivity index (χ0) is 17.2. The minimum absolute atomic E-state index is 0.306. The molecule has 3 heteroatoms. The summed E-state index contributed by atoms with van der Waals surface area (Å²) in [5.41, 5.74) is 3.65. The highest BCUT2D eigenvalue weighted by atomic mass is 16.5. The van der Waals surface area contributed by atoms with E-state index >= 15 is 0 Å². The minimum Gasteiger partial charge on any atom is -0.489 e. The third-order valence-electron chi connectivity index (χ3n) is 3.75. The van der Waals surface area contributed by atoms with Crippen molar-refractivity contribution in [2.75, 3.05) is 13.2 Å². The molecule has 0 spiro atoms. The molecule has 2 rings (SSSR count). The van der Waals surface area contributed by atoms with Gasteiger partial charge >= 0.3 is 0 Å². The van der Waals surface area contributed by atoms with Crippen LogP contribution in [0.2, 0.25) is 0 Å². The van der Waals surface area contributed by atoms with Gasteiger partial charge in [-0.25, -0.2) is 0 Å². The van der Waals surface area contributed by atoms with Gasteiger partial charge in [0.2, 0.25) is 0 Å². The third-order valence-corrected chi connectivity index (χ3v) is 3.75. The lowest BCUT2D eigenvalue weighted by Gasteiger charge is -2.13. The highest BCUT2D eigenvalue weighted by molar-refractivity contribution is 5.33. The Hall–Kier alpha value is -1.84. The molecule has 1 N–H and O–H groups in total. The van der Waals surface area contributed by atoms with Crippen molar-refractivity contribution < 1.29 is 9.47 Å². The Morgan fingerprint density at radius 2 is 1.75 bits per heavy atom. The van der Waals surface area contributed by atoms with Gasteiger partial charge in [0.15, 0.2) is 0 Å². The molecule has 0 saturated heterocycles. The molecule has 0 bridgehead atoms. The Morgan fingerprint density at radius 3 is 2.50 bits per heavy atom. The van der Waals surface area contributed by atoms with E-state index in [2.05, 4.69) is 62.5 Å². The minimum atomic E-state index is 0.306. The Labute approximate surface area is 146 Å². The van der Waals surface area contributed by atoms with Crippen molar-refractivity contribution in [3.05, 3.63) is 65.2 Å². The fourth-order valence-corrected chi connectivity index (χ4v) is 2.38. The lowest BCUT2D eigenvalue weighted by atomic mass is 10.1. The van der Waals surface area contributed by atoms with Crippen LogP contribution >= 0.6 is 0 Å². The Balaban J connectivity index is 1.78. The molecule has 2 aromatic rings. The monoisotopic (exact) mass is 327 g/mol. The van der Waals surface area contributed by atoms with Crippen LogP contribution in [0.1, 0.15) is 37.0 Å². The summed E-state index contributed by atoms with van der Waals surface area (Å²) < 4.78 is 11.6. The molecule has 0 fully saturated rings. The predicted molar refractivity (Wildman–Crippen MR) is 99.4 cm³/mol. The van der Waals surface area contributed by atoms with Crippen LogP contribution in [0.4, 0.5) is 0 Å². The second-order valence-corrected chi connectivity index (χ2v) is 6.33. The molecule has 0 heterocycles. The van der Waals surface area contributed by atoms with E-state index < -0.39 is 0 Å². The van der Waals surface area contributed by atoms with Crippen molar-refractivity contribution in [1.82, 2.24) is 5.32 Å². The number of hydrogen-bond donors (Lipinski definition) is 1. The van der Waals surface area contributed by atoms with E-state index in [4.69, 9.17) is 9.47 Å². The average molecular weight is 327 g/mol. The van der Waals surface area contributed by atoms with Crippen LogP contribution in [0.25, 0.3) is 0 Å². The highest BCUT2D eigenvalue weighted by Gasteiger charge is 2.03. The van der Waals surface area contributed by atoms with Crippen molar-refractivity contribution >= 4 is 0 Å². The number of benzene rings is 2. The summed E-state index contributed by atoms with van der Waals surface area (Å²) in [4.78, 5) is 0. The van der Waals surface area contributed by atoms with Crippen molar-refractivity contribution in [3.8, 4) is 5.75 Å². The molecule has 0 aliphatic carbocycles. The molecule has 130 valence electrons. The van der Waals surface area contributed by atoms with Gasteiger partial charge in [0.05, 0.1) is 6.10 Å². The first-order valence-electron chi connectivity index (χ1n) is 8.73. The maximum absolute atomic E-state index is 6.01. The van der Waals surface area contributed by atoms with Crippen molar-refractivity contribution in [2.24, 2.45) is 0 Å². The molecule has 0 radical (unpaired) electrons. The lowest BCUT2D eigenvalue weighted by Crippen LogP contribution is -2.17. The molecule has 0 aliphatic heterocycles. The molecule has 0 saturated carbocycles. The van der Waals surface area contributed by atoms with Gasteiger partial charge in [-0.15, -0.1) is 0 Å². The summed E-state index contributed by atoms with van der Waals surface area (Å²) in [7, 11) is 0. The first-order valence-corrected chi connectivity index (χ1v) is 8.73. The zero-order valence-corrected chi connectivity index (χ0v) is 15.0. The predicted octanol–water partition coefficient (Wildman–Crippen LogP) is 4.48. The summed E-state index contributed by atoms with van der Waals surface area (Å²) in [6.07, 6.45) is 1.32. The Kier molecular flexibility index (Phi) is 7.80. The SMILES string of the molecule is Cc1ccc(COc2ccccc2CNCCCOC(C)C)cc1. The molecule has 24 heavy (non-hydrogen) atoms. The first kappa shape index (κ1) is 18.5. The number of rotatable bonds is 10. The summed E-state index contributed by atoms with van der Waals surface area (Å²) in [5.74, 6) is 0.948. The van der Waals surface area contributed by atoms with E-state index in [9.17, 15) is 0 Å². The van der Waals surface area contributed by atoms with Gasteiger partial charge in [0.1, 0.15) is 12.4 Å². The third kappa shape index (κ3) is 6.73. The van der Waals surface area contributed by atoms with Crippen LogP contribution < -0.4 is 10.1 Å². The lowest BCUT2D eigenvalue weighted by molar-refractivity contribution is 0.0770. The highest BCUT2D eigenvalue weighted by Crippen LogP contribution is 2.19. The molecular formula is C21H29NO2. The first-order chi connectivity index (χ1) is 11.6. The van der Waals surface area contributed by atoms with Crippen molar-refractivity contribution in [1.29, 1.82) is 0 Å². The fraction of sp³-hybridized carbons (Fsp3) is 0.429. The van der Waals surface area contributed by atoms with Gasteiger partial charge in [-0.05, 0) is 45.4 Å². The topological polar surface area (TPSA) is 30.5 Å². The van der Waals surface area contributed by atoms with Crippen LogP contribution in [-0.2, 0) is 17.9 Å². The molecule has 3 nitrogen and oxygen atoms in total. The van der Waals surface area contributed by atoms with Crippen LogP contribution in [0.5, 0.6) is 5.75 Å². The second-order valence-electron chi connectivity index (χ2n) is 6.33. The maximum Gasteiger partial charge on any atom is 0.124 e. The number of para-hydroxylation sites is 1. The van der Waals surface area contributed by atoms with E-state index in [1.807, 2.05) is 12.1 Å². The fourth-order valence-electron chi connectivity index (χ4n) is 2.38. The molecule has 0 atom stereocenters. The van der Waals surface area contributed by atoms with Crippen LogP contribution in [0.3, 0.4) is 0 Å². The molecular weight excluding hydrogens is 298 g/mol. The molecule has 0 aliphatic rings. The quantitative estimate of drug-likeness (QED) is 0.653. The van der Waals surface area contributed by atoms with Gasteiger partial charge < -0.3 is 14.8 Å². The van der Waals surface area contributed by atoms with Gasteiger partial charge in [-0.3, -0.25) is 0 Å². The molecule has 0 amide bonds. The average Bonchev–Trinajstić information content (AvgIpc) is 2.58. The summed E-state index contributed by atoms with van der Waals surface area (Å²) in [6.45, 7) is 9.38. The Bertz CT molecular complexity index is 593. The normalized spacial score (nSPS) is 11.0. The second kappa shape index (κ2) is 10.1. The van der Waals surface area contributed by atoms with E-state index in [1.165, 1.54) is 16.7 Å². The summed E-state index contributed by atoms with van der Waals surface area (Å²) in [5, 5.41) is 3.46. The largest absolute Gasteiger partial charge is 0.489 e. The Morgan fingerprint density at radius 1 is 1.00 bits per heavy atom. The van der Waals surface area contributed by atoms with E-state index in [0.717, 1.165) is 31.9 Å². The van der Waals surface area contributed by atoms with Crippen LogP contribution in [-0.4, -0.2) is 19.3 Å². The molecule has 0 unspecified atom stereocenters. The van der Waals surface area contributed by atoms with Crippen LogP contribution in [0, 0.1) is 6.92 Å². The number of nitrogens with one attached hydrogen (secondary N) is 1. The standard InChI is InChI=1S/C21H29NO2/c1-17(2)23-14-6-13-22-15-20-7-4-5-8-21(20)24-16-19-11-9-18(3)10-12-19/h4-5,7-12,17,22H,6,13-16H2,1-3H3. The van der Waals surface area contributed by atoms with Crippen molar-refractivity contribution in [3.63, 3.8) is 0 Å². The van der Waals surface area contributed by atoms with E-state index in [1.54, 1.807) is 0 Å². The molecule has 2 aromatic carbocycles. The van der Waals surface area contributed by atoms with Gasteiger partial charge in [-0.2, -0.15) is 0 Å². The van der Waals surface area contributed by atoms with E-state index in [0.29, 0.717) is 12.7 Å². The summed E-state index contributed by atoms with van der Waals surface area (Å²) in [6, 6.07) is 16.7. The van der Waals surface area contributed by atoms with E-state index in [-0.39, 0.29) is 0 Å².